The van der Waals surface area contributed by atoms with E-state index in [1.54, 1.807) is 9.36 Å². The molecular formula is C68H103N11O12. The van der Waals surface area contributed by atoms with Gasteiger partial charge in [-0.1, -0.05) is 49.3 Å². The number of carbonyl (C=O) groups is 7. The number of aryl methyl sites for hydroxylation is 2. The molecule has 0 aromatic carbocycles. The summed E-state index contributed by atoms with van der Waals surface area (Å²) in [6.07, 6.45) is 22.1. The molecule has 6 saturated carbocycles. The lowest BCUT2D eigenvalue weighted by atomic mass is 9.46. The maximum Gasteiger partial charge on any atom is 0.242 e. The molecule has 7 unspecified atom stereocenters. The summed E-state index contributed by atoms with van der Waals surface area (Å²) in [4.78, 5) is 98.1. The van der Waals surface area contributed by atoms with Crippen molar-refractivity contribution in [3.63, 3.8) is 0 Å². The van der Waals surface area contributed by atoms with E-state index in [9.17, 15) is 43.8 Å². The zero-order valence-electron chi connectivity index (χ0n) is 55.3. The molecule has 91 heavy (non-hydrogen) atoms. The van der Waals surface area contributed by atoms with E-state index in [1.807, 2.05) is 24.5 Å². The second-order valence-corrected chi connectivity index (χ2v) is 29.3. The number of ether oxygens (including phenoxy) is 3. The van der Waals surface area contributed by atoms with E-state index < -0.39 is 46.8 Å². The van der Waals surface area contributed by atoms with Crippen molar-refractivity contribution in [3.05, 3.63) is 47.1 Å². The van der Waals surface area contributed by atoms with E-state index in [2.05, 4.69) is 53.6 Å². The monoisotopic (exact) mass is 1270 g/mol. The summed E-state index contributed by atoms with van der Waals surface area (Å²) >= 11 is 0. The number of hydrogen-bond donors (Lipinski definition) is 4. The van der Waals surface area contributed by atoms with E-state index in [1.165, 1.54) is 47.2 Å². The molecule has 0 radical (unpaired) electrons. The molecule has 10 rings (SSSR count). The van der Waals surface area contributed by atoms with Gasteiger partial charge < -0.3 is 50.2 Å². The minimum Gasteiger partial charge on any atom is -0.385 e. The van der Waals surface area contributed by atoms with E-state index in [0.29, 0.717) is 98.5 Å². The molecule has 0 bridgehead atoms. The van der Waals surface area contributed by atoms with Crippen molar-refractivity contribution < 1.29 is 58.0 Å². The maximum atomic E-state index is 14.7. The molecule has 2 heterocycles. The van der Waals surface area contributed by atoms with Crippen LogP contribution >= 0.6 is 0 Å². The molecule has 6 fully saturated rings. The Balaban J connectivity index is 0.771. The number of allylic oxidation sites excluding steroid dienone is 2. The molecule has 0 spiro atoms. The third kappa shape index (κ3) is 13.5. The molecular weight excluding hydrogens is 1160 g/mol. The Hall–Kier alpha value is -5.59. The standard InChI is InChI=1S/C68H103N11O12/c1-63-21-14-48(80)37-46(63)10-12-50-52(63)16-23-65(3)54(50)18-25-67(65,87)57-41-78(73-71-57)29-8-27-70-39-60(84)77(32-35-91-7)44-61(85)75(43-62(86)76(31-34-90-6)40-56(82)45(20-33-89-5)36-59(69)83)28-9-30-79-42-58(72-74-79)68(88)26-19-55-51-13-11-47-38-49(81)15-22-64(47,2)53(51)17-24-66(55,68)4/h37-38,41-42,45,50-55,70,87-88H,8-36,39-40,43-44H2,1-7H3,(H2,69,83)/t45?,50?,51?,52?,53?,54?,55?,63-,64-,65-,66-,67+,68+/m0/s1. The van der Waals surface area contributed by atoms with Gasteiger partial charge in [0.2, 0.25) is 23.6 Å². The number of nitrogens with one attached hydrogen (secondary N) is 1. The molecule has 23 nitrogen and oxygen atoms in total. The summed E-state index contributed by atoms with van der Waals surface area (Å²) in [5.41, 5.74) is 6.27. The fraction of sp³-hybridized carbons (Fsp3) is 0.779. The zero-order chi connectivity index (χ0) is 65.1. The van der Waals surface area contributed by atoms with Crippen molar-refractivity contribution in [2.45, 2.75) is 180 Å². The van der Waals surface area contributed by atoms with Gasteiger partial charge in [-0.2, -0.15) is 0 Å². The third-order valence-corrected chi connectivity index (χ3v) is 24.7. The van der Waals surface area contributed by atoms with Gasteiger partial charge in [-0.05, 0) is 174 Å². The number of nitrogens with two attached hydrogens (primary N) is 1. The SMILES string of the molecule is COCCC(CC(N)=O)C(=O)CN(CCOC)C(=O)CN(CCCn1cc([C@]2(O)CCC3C4CCC5=CC(=O)CC[C@]5(C)C4CC[C@@]32C)nn1)C(=O)CN(CCOC)C(=O)CNCCCn1cc([C@]2(O)CCC3C4CCC5=CC(=O)CC[C@]5(C)C4CC[C@@]32C)nn1. The van der Waals surface area contributed by atoms with Crippen LogP contribution in [0.1, 0.15) is 167 Å². The number of hydrogen-bond acceptors (Lipinski definition) is 17. The molecule has 8 aliphatic carbocycles. The number of aromatic nitrogens is 6. The van der Waals surface area contributed by atoms with Crippen LogP contribution in [0.4, 0.5) is 0 Å². The summed E-state index contributed by atoms with van der Waals surface area (Å²) in [5, 5.41) is 46.8. The highest BCUT2D eigenvalue weighted by Crippen LogP contribution is 2.71. The van der Waals surface area contributed by atoms with Gasteiger partial charge in [0.1, 0.15) is 22.6 Å². The van der Waals surface area contributed by atoms with E-state index in [4.69, 9.17) is 19.9 Å². The average Bonchev–Trinajstić information content (AvgIpc) is 1.64. The molecule has 8 aliphatic rings. The highest BCUT2D eigenvalue weighted by molar-refractivity contribution is 5.93. The minimum atomic E-state index is -1.20. The van der Waals surface area contributed by atoms with Gasteiger partial charge in [-0.15, -0.1) is 10.2 Å². The molecule has 502 valence electrons. The molecule has 5 N–H and O–H groups in total. The lowest BCUT2D eigenvalue weighted by Gasteiger charge is -2.59. The van der Waals surface area contributed by atoms with E-state index in [-0.39, 0.29) is 118 Å². The molecule has 23 heteroatoms. The molecule has 0 saturated heterocycles. The minimum absolute atomic E-state index is 0.00696. The number of carbonyl (C=O) groups excluding carboxylic acids is 7. The van der Waals surface area contributed by atoms with Gasteiger partial charge in [-0.3, -0.25) is 42.9 Å². The summed E-state index contributed by atoms with van der Waals surface area (Å²) < 4.78 is 19.4. The summed E-state index contributed by atoms with van der Waals surface area (Å²) in [7, 11) is 4.48. The molecule has 2 aromatic rings. The van der Waals surface area contributed by atoms with Crippen LogP contribution in [-0.2, 0) is 72.1 Å². The van der Waals surface area contributed by atoms with Crippen LogP contribution in [0.2, 0.25) is 0 Å². The van der Waals surface area contributed by atoms with Crippen molar-refractivity contribution in [1.29, 1.82) is 0 Å². The van der Waals surface area contributed by atoms with Crippen molar-refractivity contribution in [1.82, 2.24) is 50.0 Å². The topological polar surface area (TPSA) is 297 Å². The van der Waals surface area contributed by atoms with Crippen LogP contribution in [-0.4, -0.2) is 189 Å². The van der Waals surface area contributed by atoms with Crippen LogP contribution < -0.4 is 11.1 Å². The maximum absolute atomic E-state index is 14.7. The molecule has 0 aliphatic heterocycles. The molecule has 2 aromatic heterocycles. The molecule has 4 amide bonds. The second-order valence-electron chi connectivity index (χ2n) is 29.3. The number of rotatable bonds is 30. The van der Waals surface area contributed by atoms with Gasteiger partial charge in [0, 0.05) is 96.7 Å². The van der Waals surface area contributed by atoms with Gasteiger partial charge in [0.05, 0.1) is 51.8 Å². The smallest absolute Gasteiger partial charge is 0.242 e. The Morgan fingerprint density at radius 1 is 0.604 bits per heavy atom. The second kappa shape index (κ2) is 28.2. The fourth-order valence-corrected chi connectivity index (χ4v) is 19.3. The number of aliphatic hydroxyl groups is 2. The van der Waals surface area contributed by atoms with Crippen LogP contribution in [0.15, 0.2) is 35.7 Å². The van der Waals surface area contributed by atoms with Crippen molar-refractivity contribution in [2.75, 3.05) is 93.5 Å². The van der Waals surface area contributed by atoms with Gasteiger partial charge in [-0.25, -0.2) is 0 Å². The Bertz CT molecular complexity index is 3070. The first-order valence-corrected chi connectivity index (χ1v) is 34.0. The fourth-order valence-electron chi connectivity index (χ4n) is 19.3. The zero-order valence-corrected chi connectivity index (χ0v) is 55.3. The highest BCUT2D eigenvalue weighted by atomic mass is 16.5. The van der Waals surface area contributed by atoms with Gasteiger partial charge in [0.15, 0.2) is 17.3 Å². The number of methoxy groups -OCH3 is 3. The lowest BCUT2D eigenvalue weighted by molar-refractivity contribution is -0.145. The van der Waals surface area contributed by atoms with Crippen LogP contribution in [0, 0.1) is 63.1 Å². The predicted molar refractivity (Wildman–Crippen MR) is 336 cm³/mol. The Kier molecular flexibility index (Phi) is 21.1. The number of primary amides is 1. The first-order valence-electron chi connectivity index (χ1n) is 34.0. The number of amides is 4. The number of fused-ring (bicyclic) bond motifs is 10. The average molecular weight is 1270 g/mol. The summed E-state index contributed by atoms with van der Waals surface area (Å²) in [6.45, 7) is 9.80. The highest BCUT2D eigenvalue weighted by Gasteiger charge is 2.67. The predicted octanol–water partition coefficient (Wildman–Crippen LogP) is 5.25. The van der Waals surface area contributed by atoms with E-state index in [0.717, 1.165) is 77.0 Å². The normalized spacial score (nSPS) is 32.7. The van der Waals surface area contributed by atoms with Crippen molar-refractivity contribution in [2.24, 2.45) is 68.8 Å². The van der Waals surface area contributed by atoms with E-state index >= 15 is 0 Å². The number of nitrogens with zero attached hydrogens (tertiary/aromatic N) is 9. The first-order chi connectivity index (χ1) is 43.4. The van der Waals surface area contributed by atoms with Crippen molar-refractivity contribution >= 4 is 41.0 Å². The largest absolute Gasteiger partial charge is 0.385 e. The lowest BCUT2D eigenvalue weighted by Crippen LogP contribution is -2.53. The summed E-state index contributed by atoms with van der Waals surface area (Å²) in [5.74, 6) is -0.204. The third-order valence-electron chi connectivity index (χ3n) is 24.7. The Morgan fingerprint density at radius 3 is 1.55 bits per heavy atom. The first kappa shape index (κ1) is 68.3. The van der Waals surface area contributed by atoms with Crippen molar-refractivity contribution in [3.8, 4) is 0 Å². The van der Waals surface area contributed by atoms with Crippen LogP contribution in [0.25, 0.3) is 0 Å². The quantitative estimate of drug-likeness (QED) is 0.0726. The van der Waals surface area contributed by atoms with Gasteiger partial charge in [0.25, 0.3) is 0 Å². The van der Waals surface area contributed by atoms with Gasteiger partial charge >= 0.3 is 0 Å². The van der Waals surface area contributed by atoms with Crippen LogP contribution in [0.5, 0.6) is 0 Å². The number of ketones is 3. The molecule has 13 atom stereocenters. The Labute approximate surface area is 536 Å². The summed E-state index contributed by atoms with van der Waals surface area (Å²) in [6, 6.07) is 0. The van der Waals surface area contributed by atoms with Crippen LogP contribution in [0.3, 0.4) is 0 Å². The number of Topliss-reactive ketones (excluding diaryl/α,β-unsaturated/α-hetero) is 1. The Morgan fingerprint density at radius 2 is 1.07 bits per heavy atom.